The number of anilines is 4. The molecule has 1 atom stereocenters. The molecule has 2 aliphatic rings. The highest BCUT2D eigenvalue weighted by Gasteiger charge is 2.32. The van der Waals surface area contributed by atoms with E-state index in [4.69, 9.17) is 4.74 Å². The lowest BCUT2D eigenvalue weighted by Crippen LogP contribution is -2.37. The van der Waals surface area contributed by atoms with Gasteiger partial charge in [0.15, 0.2) is 11.6 Å². The standard InChI is InChI=1S/C25H27F4N9O/c1-16-11-33-38(15-16)21-9-17(25(27,28)29)8-20(10-21)34-19-3-2-18(30-12-19)13-32-36-24-31-14-22(26)23(35-24)37-4-6-39-7-5-37/h2-3,8-10,12,14,16,33-34H,4-7,11,13,15H2,1H3. The van der Waals surface area contributed by atoms with Crippen molar-refractivity contribution in [2.45, 2.75) is 19.6 Å². The van der Waals surface area contributed by atoms with Crippen molar-refractivity contribution in [3.05, 3.63) is 59.8 Å². The molecule has 206 valence electrons. The molecule has 4 heterocycles. The van der Waals surface area contributed by atoms with Crippen LogP contribution >= 0.6 is 0 Å². The SMILES string of the molecule is CC1CNN(c2cc(Nc3ccc(CN=Nc4ncc(F)c(N5CCOCC5)n4)nc3)cc(C(F)(F)F)c2)C1. The Morgan fingerprint density at radius 1 is 1.10 bits per heavy atom. The van der Waals surface area contributed by atoms with E-state index >= 15 is 0 Å². The highest BCUT2D eigenvalue weighted by atomic mass is 19.4. The van der Waals surface area contributed by atoms with Gasteiger partial charge in [0.05, 0.1) is 48.2 Å². The number of morpholine rings is 1. The molecule has 2 fully saturated rings. The fraction of sp³-hybridized carbons (Fsp3) is 0.400. The van der Waals surface area contributed by atoms with E-state index in [2.05, 4.69) is 35.9 Å². The van der Waals surface area contributed by atoms with Gasteiger partial charge < -0.3 is 20.0 Å². The van der Waals surface area contributed by atoms with E-state index in [1.807, 2.05) is 6.92 Å². The number of ether oxygens (including phenoxy) is 1. The molecule has 2 saturated heterocycles. The number of aromatic nitrogens is 3. The Labute approximate surface area is 222 Å². The van der Waals surface area contributed by atoms with E-state index in [0.717, 1.165) is 18.3 Å². The molecule has 10 nitrogen and oxygen atoms in total. The summed E-state index contributed by atoms with van der Waals surface area (Å²) < 4.78 is 60.1. The fourth-order valence-electron chi connectivity index (χ4n) is 4.23. The van der Waals surface area contributed by atoms with E-state index in [1.54, 1.807) is 28.1 Å². The lowest BCUT2D eigenvalue weighted by atomic mass is 10.1. The van der Waals surface area contributed by atoms with Crippen LogP contribution in [0, 0.1) is 11.7 Å². The number of nitrogens with zero attached hydrogens (tertiary/aromatic N) is 7. The van der Waals surface area contributed by atoms with Crippen LogP contribution in [0.15, 0.2) is 53.0 Å². The highest BCUT2D eigenvalue weighted by Crippen LogP contribution is 2.35. The molecule has 1 unspecified atom stereocenters. The Morgan fingerprint density at radius 3 is 2.62 bits per heavy atom. The smallest absolute Gasteiger partial charge is 0.378 e. The van der Waals surface area contributed by atoms with Gasteiger partial charge in [-0.1, -0.05) is 6.92 Å². The molecule has 0 radical (unpaired) electrons. The van der Waals surface area contributed by atoms with Crippen molar-refractivity contribution in [3.63, 3.8) is 0 Å². The van der Waals surface area contributed by atoms with Crippen LogP contribution in [0.2, 0.25) is 0 Å². The first kappa shape index (κ1) is 26.7. The number of nitrogens with one attached hydrogen (secondary N) is 2. The zero-order chi connectivity index (χ0) is 27.4. The molecule has 5 rings (SSSR count). The average molecular weight is 546 g/mol. The quantitative estimate of drug-likeness (QED) is 0.321. The molecule has 3 aromatic rings. The summed E-state index contributed by atoms with van der Waals surface area (Å²) in [5, 5.41) is 12.8. The molecule has 39 heavy (non-hydrogen) atoms. The van der Waals surface area contributed by atoms with Gasteiger partial charge in [0.2, 0.25) is 0 Å². The van der Waals surface area contributed by atoms with E-state index in [0.29, 0.717) is 68.1 Å². The third kappa shape index (κ3) is 6.75. The van der Waals surface area contributed by atoms with Crippen LogP contribution < -0.4 is 20.7 Å². The van der Waals surface area contributed by atoms with E-state index in [9.17, 15) is 17.6 Å². The maximum atomic E-state index is 14.2. The summed E-state index contributed by atoms with van der Waals surface area (Å²) in [7, 11) is 0. The number of alkyl halides is 3. The van der Waals surface area contributed by atoms with Crippen molar-refractivity contribution in [2.75, 3.05) is 54.6 Å². The molecule has 2 aliphatic heterocycles. The Hall–Kier alpha value is -3.91. The second-order valence-electron chi connectivity index (χ2n) is 9.35. The van der Waals surface area contributed by atoms with Crippen molar-refractivity contribution < 1.29 is 22.3 Å². The molecule has 2 aromatic heterocycles. The molecule has 0 bridgehead atoms. The fourth-order valence-corrected chi connectivity index (χ4v) is 4.23. The Morgan fingerprint density at radius 2 is 1.92 bits per heavy atom. The summed E-state index contributed by atoms with van der Waals surface area (Å²) in [4.78, 5) is 14.1. The normalized spacial score (nSPS) is 18.2. The second-order valence-corrected chi connectivity index (χ2v) is 9.35. The summed E-state index contributed by atoms with van der Waals surface area (Å²) >= 11 is 0. The third-order valence-electron chi connectivity index (χ3n) is 6.21. The lowest BCUT2D eigenvalue weighted by Gasteiger charge is -2.27. The maximum absolute atomic E-state index is 14.2. The predicted molar refractivity (Wildman–Crippen MR) is 137 cm³/mol. The minimum atomic E-state index is -4.48. The highest BCUT2D eigenvalue weighted by molar-refractivity contribution is 5.66. The number of rotatable bonds is 7. The van der Waals surface area contributed by atoms with Gasteiger partial charge in [-0.2, -0.15) is 23.3 Å². The summed E-state index contributed by atoms with van der Waals surface area (Å²) in [6.07, 6.45) is -1.92. The number of halogens is 4. The van der Waals surface area contributed by atoms with E-state index in [1.165, 1.54) is 6.20 Å². The minimum Gasteiger partial charge on any atom is -0.378 e. The average Bonchev–Trinajstić information content (AvgIpc) is 3.37. The predicted octanol–water partition coefficient (Wildman–Crippen LogP) is 4.85. The molecule has 0 saturated carbocycles. The summed E-state index contributed by atoms with van der Waals surface area (Å²) in [6.45, 7) is 5.47. The maximum Gasteiger partial charge on any atom is 0.416 e. The van der Waals surface area contributed by atoms with Gasteiger partial charge in [-0.15, -0.1) is 5.11 Å². The number of azo groups is 1. The first-order valence-electron chi connectivity index (χ1n) is 12.4. The van der Waals surface area contributed by atoms with E-state index in [-0.39, 0.29) is 18.3 Å². The van der Waals surface area contributed by atoms with Crippen LogP contribution in [0.5, 0.6) is 0 Å². The van der Waals surface area contributed by atoms with Crippen molar-refractivity contribution in [3.8, 4) is 0 Å². The van der Waals surface area contributed by atoms with Crippen LogP contribution in [0.3, 0.4) is 0 Å². The number of hydrogen-bond acceptors (Lipinski definition) is 10. The number of hydrogen-bond donors (Lipinski definition) is 2. The number of pyridine rings is 1. The molecular weight excluding hydrogens is 518 g/mol. The summed E-state index contributed by atoms with van der Waals surface area (Å²) in [6, 6.07) is 7.25. The molecule has 2 N–H and O–H groups in total. The van der Waals surface area contributed by atoms with Crippen LogP contribution in [-0.2, 0) is 17.5 Å². The van der Waals surface area contributed by atoms with E-state index < -0.39 is 17.6 Å². The van der Waals surface area contributed by atoms with Crippen LogP contribution in [0.4, 0.5) is 46.4 Å². The van der Waals surface area contributed by atoms with Gasteiger partial charge in [0.25, 0.3) is 5.95 Å². The first-order valence-corrected chi connectivity index (χ1v) is 12.4. The van der Waals surface area contributed by atoms with Gasteiger partial charge in [-0.25, -0.2) is 14.8 Å². The van der Waals surface area contributed by atoms with Gasteiger partial charge in [-0.3, -0.25) is 4.98 Å². The largest absolute Gasteiger partial charge is 0.416 e. The molecular formula is C25H27F4N9O. The molecule has 0 aliphatic carbocycles. The summed E-state index contributed by atoms with van der Waals surface area (Å²) in [5.41, 5.74) is 4.19. The molecule has 0 spiro atoms. The van der Waals surface area contributed by atoms with Crippen LogP contribution in [0.1, 0.15) is 18.2 Å². The number of hydrazine groups is 1. The Kier molecular flexibility index (Phi) is 7.84. The lowest BCUT2D eigenvalue weighted by molar-refractivity contribution is -0.137. The second kappa shape index (κ2) is 11.5. The molecule has 14 heteroatoms. The summed E-state index contributed by atoms with van der Waals surface area (Å²) in [5.74, 6) is -0.0342. The van der Waals surface area contributed by atoms with Gasteiger partial charge in [0.1, 0.15) is 6.54 Å². The zero-order valence-corrected chi connectivity index (χ0v) is 21.1. The Balaban J connectivity index is 1.24. The first-order chi connectivity index (χ1) is 18.7. The van der Waals surface area contributed by atoms with Crippen LogP contribution in [-0.4, -0.2) is 54.3 Å². The van der Waals surface area contributed by atoms with Gasteiger partial charge >= 0.3 is 6.18 Å². The molecule has 1 aromatic carbocycles. The Bertz CT molecular complexity index is 1310. The van der Waals surface area contributed by atoms with Crippen molar-refractivity contribution in [1.82, 2.24) is 20.4 Å². The topological polar surface area (TPSA) is 103 Å². The number of benzene rings is 1. The van der Waals surface area contributed by atoms with Crippen LogP contribution in [0.25, 0.3) is 0 Å². The van der Waals surface area contributed by atoms with Crippen molar-refractivity contribution in [1.29, 1.82) is 0 Å². The van der Waals surface area contributed by atoms with Gasteiger partial charge in [-0.05, 0) is 36.2 Å². The zero-order valence-electron chi connectivity index (χ0n) is 21.1. The van der Waals surface area contributed by atoms with Crippen molar-refractivity contribution >= 4 is 28.8 Å². The van der Waals surface area contributed by atoms with Gasteiger partial charge in [0, 0.05) is 31.9 Å². The monoisotopic (exact) mass is 545 g/mol. The third-order valence-corrected chi connectivity index (χ3v) is 6.21. The molecule has 0 amide bonds. The van der Waals surface area contributed by atoms with Crippen molar-refractivity contribution in [2.24, 2.45) is 16.1 Å². The minimum absolute atomic E-state index is 0.0263.